The van der Waals surface area contributed by atoms with Gasteiger partial charge in [0, 0.05) is 13.1 Å². The van der Waals surface area contributed by atoms with Gasteiger partial charge in [0.05, 0.1) is 5.52 Å². The van der Waals surface area contributed by atoms with Gasteiger partial charge in [-0.05, 0) is 24.1 Å². The van der Waals surface area contributed by atoms with Gasteiger partial charge in [0.1, 0.15) is 0 Å². The number of unbranched alkanes of at least 4 members (excludes halogenated alkanes) is 3. The van der Waals surface area contributed by atoms with E-state index in [0.29, 0.717) is 5.58 Å². The standard InChI is InChI=1S/C15H22N2O2/c1-3-4-5-6-7-12(16)11-8-9-13-14(10-11)19-15(18)17(13)2/h8-10,12H,3-7,16H2,1-2H3. The molecule has 0 spiro atoms. The lowest BCUT2D eigenvalue weighted by Crippen LogP contribution is -2.10. The number of nitrogens with zero attached hydrogens (tertiary/aromatic N) is 1. The highest BCUT2D eigenvalue weighted by atomic mass is 16.4. The van der Waals surface area contributed by atoms with Gasteiger partial charge < -0.3 is 10.2 Å². The molecule has 0 aliphatic heterocycles. The lowest BCUT2D eigenvalue weighted by Gasteiger charge is -2.11. The Hall–Kier alpha value is -1.55. The van der Waals surface area contributed by atoms with Crippen molar-refractivity contribution in [2.45, 2.75) is 45.1 Å². The maximum atomic E-state index is 11.4. The van der Waals surface area contributed by atoms with Crippen molar-refractivity contribution < 1.29 is 4.42 Å². The first-order valence-electron chi connectivity index (χ1n) is 6.98. The molecule has 1 atom stereocenters. The summed E-state index contributed by atoms with van der Waals surface area (Å²) in [6.07, 6.45) is 5.84. The molecule has 0 saturated carbocycles. The highest BCUT2D eigenvalue weighted by Crippen LogP contribution is 2.22. The Kier molecular flexibility index (Phi) is 4.43. The molecule has 0 fully saturated rings. The Balaban J connectivity index is 2.10. The van der Waals surface area contributed by atoms with Crippen LogP contribution in [0, 0.1) is 0 Å². The third-order valence-electron chi connectivity index (χ3n) is 3.61. The van der Waals surface area contributed by atoms with Crippen molar-refractivity contribution in [3.63, 3.8) is 0 Å². The summed E-state index contributed by atoms with van der Waals surface area (Å²) in [6.45, 7) is 2.20. The molecule has 2 rings (SSSR count). The Bertz CT molecular complexity index is 598. The summed E-state index contributed by atoms with van der Waals surface area (Å²) < 4.78 is 6.69. The number of aromatic nitrogens is 1. The zero-order valence-electron chi connectivity index (χ0n) is 11.7. The summed E-state index contributed by atoms with van der Waals surface area (Å²) in [5.41, 5.74) is 8.66. The number of benzene rings is 1. The number of hydrogen-bond acceptors (Lipinski definition) is 3. The van der Waals surface area contributed by atoms with Crippen LogP contribution >= 0.6 is 0 Å². The first-order valence-corrected chi connectivity index (χ1v) is 6.98. The summed E-state index contributed by atoms with van der Waals surface area (Å²) in [7, 11) is 1.71. The van der Waals surface area contributed by atoms with E-state index in [9.17, 15) is 4.79 Å². The molecule has 0 amide bonds. The smallest absolute Gasteiger partial charge is 0.408 e. The predicted octanol–water partition coefficient (Wildman–Crippen LogP) is 3.10. The van der Waals surface area contributed by atoms with Gasteiger partial charge in [0.25, 0.3) is 0 Å². The molecule has 0 radical (unpaired) electrons. The Labute approximate surface area is 113 Å². The number of oxazole rings is 1. The molecule has 2 N–H and O–H groups in total. The fourth-order valence-electron chi connectivity index (χ4n) is 2.34. The maximum Gasteiger partial charge on any atom is 0.419 e. The van der Waals surface area contributed by atoms with Crippen LogP contribution in [-0.4, -0.2) is 4.57 Å². The van der Waals surface area contributed by atoms with E-state index in [0.717, 1.165) is 23.9 Å². The third kappa shape index (κ3) is 3.07. The quantitative estimate of drug-likeness (QED) is 0.814. The highest BCUT2D eigenvalue weighted by Gasteiger charge is 2.10. The number of nitrogens with two attached hydrogens (primary N) is 1. The van der Waals surface area contributed by atoms with E-state index in [1.165, 1.54) is 23.8 Å². The molecule has 0 saturated heterocycles. The maximum absolute atomic E-state index is 11.4. The van der Waals surface area contributed by atoms with Crippen molar-refractivity contribution in [3.05, 3.63) is 34.3 Å². The number of aryl methyl sites for hydroxylation is 1. The topological polar surface area (TPSA) is 61.2 Å². The first-order chi connectivity index (χ1) is 9.13. The monoisotopic (exact) mass is 262 g/mol. The van der Waals surface area contributed by atoms with Crippen molar-refractivity contribution >= 4 is 11.1 Å². The van der Waals surface area contributed by atoms with Crippen LogP contribution in [0.4, 0.5) is 0 Å². The summed E-state index contributed by atoms with van der Waals surface area (Å²) >= 11 is 0. The highest BCUT2D eigenvalue weighted by molar-refractivity contribution is 5.73. The van der Waals surface area contributed by atoms with E-state index in [2.05, 4.69) is 6.92 Å². The molecule has 4 nitrogen and oxygen atoms in total. The predicted molar refractivity (Wildman–Crippen MR) is 77.1 cm³/mol. The summed E-state index contributed by atoms with van der Waals surface area (Å²) in [6, 6.07) is 5.80. The van der Waals surface area contributed by atoms with Crippen LogP contribution in [0.5, 0.6) is 0 Å². The zero-order valence-corrected chi connectivity index (χ0v) is 11.7. The van der Waals surface area contributed by atoms with Crippen LogP contribution < -0.4 is 11.5 Å². The minimum Gasteiger partial charge on any atom is -0.408 e. The molecule has 2 aromatic rings. The largest absolute Gasteiger partial charge is 0.419 e. The minimum atomic E-state index is -0.330. The molecule has 1 aromatic heterocycles. The molecule has 0 bridgehead atoms. The molecule has 1 aromatic carbocycles. The fourth-order valence-corrected chi connectivity index (χ4v) is 2.34. The Morgan fingerprint density at radius 1 is 1.32 bits per heavy atom. The molecule has 1 unspecified atom stereocenters. The van der Waals surface area contributed by atoms with Gasteiger partial charge in [-0.25, -0.2) is 4.79 Å². The average molecular weight is 262 g/mol. The van der Waals surface area contributed by atoms with E-state index in [-0.39, 0.29) is 11.8 Å². The van der Waals surface area contributed by atoms with Crippen molar-refractivity contribution in [3.8, 4) is 0 Å². The van der Waals surface area contributed by atoms with Gasteiger partial charge in [-0.15, -0.1) is 0 Å². The second-order valence-corrected chi connectivity index (χ2v) is 5.11. The normalized spacial score (nSPS) is 13.0. The molecule has 4 heteroatoms. The summed E-state index contributed by atoms with van der Waals surface area (Å²) in [4.78, 5) is 11.4. The lowest BCUT2D eigenvalue weighted by atomic mass is 10.0. The van der Waals surface area contributed by atoms with Crippen molar-refractivity contribution in [2.24, 2.45) is 12.8 Å². The lowest BCUT2D eigenvalue weighted by molar-refractivity contribution is 0.526. The first kappa shape index (κ1) is 13.9. The molecule has 104 valence electrons. The second kappa shape index (κ2) is 6.06. The minimum absolute atomic E-state index is 0.0202. The van der Waals surface area contributed by atoms with Gasteiger partial charge in [0.2, 0.25) is 0 Å². The van der Waals surface area contributed by atoms with Crippen LogP contribution in [0.3, 0.4) is 0 Å². The van der Waals surface area contributed by atoms with Crippen molar-refractivity contribution in [1.82, 2.24) is 4.57 Å². The fraction of sp³-hybridized carbons (Fsp3) is 0.533. The molecular formula is C15H22N2O2. The molecule has 0 aliphatic carbocycles. The van der Waals surface area contributed by atoms with Crippen molar-refractivity contribution in [2.75, 3.05) is 0 Å². The van der Waals surface area contributed by atoms with Crippen LogP contribution in [0.25, 0.3) is 11.1 Å². The molecule has 0 aliphatic rings. The van der Waals surface area contributed by atoms with E-state index in [1.807, 2.05) is 18.2 Å². The van der Waals surface area contributed by atoms with Crippen LogP contribution in [0.15, 0.2) is 27.4 Å². The van der Waals surface area contributed by atoms with Gasteiger partial charge in [-0.1, -0.05) is 38.7 Å². The number of fused-ring (bicyclic) bond motifs is 1. The van der Waals surface area contributed by atoms with Gasteiger partial charge in [-0.2, -0.15) is 0 Å². The van der Waals surface area contributed by atoms with Gasteiger partial charge in [-0.3, -0.25) is 4.57 Å². The molecule has 1 heterocycles. The molecule has 19 heavy (non-hydrogen) atoms. The van der Waals surface area contributed by atoms with Crippen LogP contribution in [0.1, 0.15) is 50.6 Å². The number of rotatable bonds is 6. The second-order valence-electron chi connectivity index (χ2n) is 5.11. The van der Waals surface area contributed by atoms with Gasteiger partial charge in [0.15, 0.2) is 5.58 Å². The molecular weight excluding hydrogens is 240 g/mol. The van der Waals surface area contributed by atoms with E-state index in [1.54, 1.807) is 7.05 Å². The van der Waals surface area contributed by atoms with E-state index >= 15 is 0 Å². The van der Waals surface area contributed by atoms with E-state index in [4.69, 9.17) is 10.2 Å². The van der Waals surface area contributed by atoms with Crippen molar-refractivity contribution in [1.29, 1.82) is 0 Å². The number of hydrogen-bond donors (Lipinski definition) is 1. The third-order valence-corrected chi connectivity index (χ3v) is 3.61. The van der Waals surface area contributed by atoms with Crippen LogP contribution in [-0.2, 0) is 7.05 Å². The van der Waals surface area contributed by atoms with Crippen LogP contribution in [0.2, 0.25) is 0 Å². The summed E-state index contributed by atoms with van der Waals surface area (Å²) in [5.74, 6) is -0.330. The Morgan fingerprint density at radius 2 is 2.11 bits per heavy atom. The van der Waals surface area contributed by atoms with E-state index < -0.39 is 0 Å². The average Bonchev–Trinajstić information content (AvgIpc) is 2.69. The zero-order chi connectivity index (χ0) is 13.8. The van der Waals surface area contributed by atoms with Gasteiger partial charge >= 0.3 is 5.76 Å². The Morgan fingerprint density at radius 3 is 2.84 bits per heavy atom. The summed E-state index contributed by atoms with van der Waals surface area (Å²) in [5, 5.41) is 0. The SMILES string of the molecule is CCCCCCC(N)c1ccc2c(c1)oc(=O)n2C.